The first-order valence-corrected chi connectivity index (χ1v) is 10.4. The molecular formula is C16H34O3Si. The van der Waals surface area contributed by atoms with Crippen LogP contribution in [0, 0.1) is 5.41 Å². The molecular weight excluding hydrogens is 268 g/mol. The summed E-state index contributed by atoms with van der Waals surface area (Å²) < 4.78 is 6.49. The van der Waals surface area contributed by atoms with Crippen molar-refractivity contribution < 1.29 is 14.6 Å². The van der Waals surface area contributed by atoms with Crippen molar-refractivity contribution >= 4 is 8.32 Å². The van der Waals surface area contributed by atoms with E-state index in [9.17, 15) is 5.11 Å². The highest BCUT2D eigenvalue weighted by Crippen LogP contribution is 2.41. The molecule has 0 saturated carbocycles. The highest BCUT2D eigenvalue weighted by Gasteiger charge is 2.44. The summed E-state index contributed by atoms with van der Waals surface area (Å²) >= 11 is 0. The van der Waals surface area contributed by atoms with E-state index in [1.807, 2.05) is 32.9 Å². The van der Waals surface area contributed by atoms with Crippen molar-refractivity contribution in [3.8, 4) is 0 Å². The Labute approximate surface area is 126 Å². The van der Waals surface area contributed by atoms with Gasteiger partial charge in [0.1, 0.15) is 0 Å². The van der Waals surface area contributed by atoms with Crippen molar-refractivity contribution in [2.45, 2.75) is 78.3 Å². The zero-order valence-corrected chi connectivity index (χ0v) is 15.5. The lowest BCUT2D eigenvalue weighted by molar-refractivity contribution is -0.0308. The van der Waals surface area contributed by atoms with E-state index in [0.29, 0.717) is 6.42 Å². The van der Waals surface area contributed by atoms with Crippen molar-refractivity contribution in [2.75, 3.05) is 6.61 Å². The van der Waals surface area contributed by atoms with Crippen LogP contribution in [-0.2, 0) is 4.43 Å². The lowest BCUT2D eigenvalue weighted by Gasteiger charge is -2.45. The third kappa shape index (κ3) is 4.99. The van der Waals surface area contributed by atoms with Crippen molar-refractivity contribution in [3.05, 3.63) is 12.2 Å². The molecule has 20 heavy (non-hydrogen) atoms. The molecule has 2 atom stereocenters. The number of hydrogen-bond donors (Lipinski definition) is 2. The standard InChI is InChI=1S/C16H34O3Si/c1-9-10-14(16(5,6)13(18)11-12-17)19-20(7,8)15(2,3)4/h9-10,13-14,17-18H,11-12H2,1-8H3/b10-9+/t13-,14+/m0/s1. The van der Waals surface area contributed by atoms with Gasteiger partial charge in [0.25, 0.3) is 0 Å². The van der Waals surface area contributed by atoms with Crippen molar-refractivity contribution in [1.29, 1.82) is 0 Å². The SMILES string of the molecule is C/C=C/[C@@H](O[Si](C)(C)C(C)(C)C)C(C)(C)[C@@H](O)CCO. The molecule has 0 bridgehead atoms. The van der Waals surface area contributed by atoms with Gasteiger partial charge in [0.2, 0.25) is 0 Å². The Kier molecular flexibility index (Phi) is 7.15. The van der Waals surface area contributed by atoms with Crippen molar-refractivity contribution in [3.63, 3.8) is 0 Å². The Morgan fingerprint density at radius 1 is 1.15 bits per heavy atom. The lowest BCUT2D eigenvalue weighted by atomic mass is 9.79. The van der Waals surface area contributed by atoms with Crippen LogP contribution in [0.1, 0.15) is 48.0 Å². The van der Waals surface area contributed by atoms with Gasteiger partial charge in [-0.2, -0.15) is 0 Å². The summed E-state index contributed by atoms with van der Waals surface area (Å²) in [4.78, 5) is 0. The smallest absolute Gasteiger partial charge is 0.192 e. The maximum Gasteiger partial charge on any atom is 0.192 e. The average molecular weight is 303 g/mol. The first-order chi connectivity index (χ1) is 8.90. The van der Waals surface area contributed by atoms with E-state index in [2.05, 4.69) is 33.9 Å². The average Bonchev–Trinajstić information content (AvgIpc) is 2.26. The molecule has 4 heteroatoms. The maximum atomic E-state index is 10.3. The summed E-state index contributed by atoms with van der Waals surface area (Å²) in [5, 5.41) is 19.5. The lowest BCUT2D eigenvalue weighted by Crippen LogP contribution is -2.50. The second-order valence-corrected chi connectivity index (χ2v) is 12.4. The summed E-state index contributed by atoms with van der Waals surface area (Å²) in [6.07, 6.45) is 3.65. The fourth-order valence-corrected chi connectivity index (χ4v) is 3.16. The van der Waals surface area contributed by atoms with Crippen LogP contribution in [-0.4, -0.2) is 37.3 Å². The van der Waals surface area contributed by atoms with Crippen LogP contribution >= 0.6 is 0 Å². The molecule has 0 saturated heterocycles. The number of aliphatic hydroxyl groups is 2. The summed E-state index contributed by atoms with van der Waals surface area (Å²) in [7, 11) is -1.91. The van der Waals surface area contributed by atoms with E-state index >= 15 is 0 Å². The minimum absolute atomic E-state index is 0.00670. The first kappa shape index (κ1) is 19.8. The second kappa shape index (κ2) is 7.21. The number of hydrogen-bond acceptors (Lipinski definition) is 3. The minimum atomic E-state index is -1.91. The fourth-order valence-electron chi connectivity index (χ4n) is 1.79. The van der Waals surface area contributed by atoms with Gasteiger partial charge in [0.05, 0.1) is 12.2 Å². The Bertz CT molecular complexity index is 316. The first-order valence-electron chi connectivity index (χ1n) is 7.49. The van der Waals surface area contributed by atoms with Crippen LogP contribution in [0.25, 0.3) is 0 Å². The van der Waals surface area contributed by atoms with Gasteiger partial charge < -0.3 is 14.6 Å². The summed E-state index contributed by atoms with van der Waals surface area (Å²) in [6.45, 7) is 17.0. The molecule has 0 aliphatic rings. The van der Waals surface area contributed by atoms with E-state index in [-0.39, 0.29) is 17.7 Å². The van der Waals surface area contributed by atoms with E-state index < -0.39 is 19.8 Å². The van der Waals surface area contributed by atoms with Gasteiger partial charge in [-0.25, -0.2) is 0 Å². The minimum Gasteiger partial charge on any atom is -0.410 e. The molecule has 0 aromatic heterocycles. The van der Waals surface area contributed by atoms with Crippen LogP contribution in [0.5, 0.6) is 0 Å². The Morgan fingerprint density at radius 3 is 2.00 bits per heavy atom. The maximum absolute atomic E-state index is 10.3. The molecule has 0 unspecified atom stereocenters. The van der Waals surface area contributed by atoms with E-state index in [1.165, 1.54) is 0 Å². The number of rotatable bonds is 7. The van der Waals surface area contributed by atoms with Crippen LogP contribution < -0.4 is 0 Å². The molecule has 0 aromatic rings. The molecule has 0 heterocycles. The van der Waals surface area contributed by atoms with Gasteiger partial charge in [-0.05, 0) is 31.5 Å². The zero-order valence-electron chi connectivity index (χ0n) is 14.5. The molecule has 0 rings (SSSR count). The van der Waals surface area contributed by atoms with Gasteiger partial charge in [0, 0.05) is 12.0 Å². The van der Waals surface area contributed by atoms with Gasteiger partial charge in [0.15, 0.2) is 8.32 Å². The van der Waals surface area contributed by atoms with E-state index in [0.717, 1.165) is 0 Å². The van der Waals surface area contributed by atoms with Gasteiger partial charge in [-0.15, -0.1) is 0 Å². The predicted octanol–water partition coefficient (Wildman–Crippen LogP) is 3.72. The molecule has 0 radical (unpaired) electrons. The van der Waals surface area contributed by atoms with Crippen LogP contribution in [0.4, 0.5) is 0 Å². The molecule has 0 aromatic carbocycles. The Morgan fingerprint density at radius 2 is 1.65 bits per heavy atom. The zero-order chi connectivity index (χ0) is 16.2. The Hall–Kier alpha value is -0.163. The Balaban J connectivity index is 5.26. The summed E-state index contributed by atoms with van der Waals surface area (Å²) in [5.41, 5.74) is -0.426. The van der Waals surface area contributed by atoms with Crippen LogP contribution in [0.15, 0.2) is 12.2 Å². The van der Waals surface area contributed by atoms with Gasteiger partial charge in [-0.1, -0.05) is 46.8 Å². The molecule has 2 N–H and O–H groups in total. The third-order valence-electron chi connectivity index (χ3n) is 4.59. The van der Waals surface area contributed by atoms with E-state index in [4.69, 9.17) is 9.53 Å². The highest BCUT2D eigenvalue weighted by atomic mass is 28.4. The predicted molar refractivity (Wildman–Crippen MR) is 88.4 cm³/mol. The molecule has 0 aliphatic carbocycles. The highest BCUT2D eigenvalue weighted by molar-refractivity contribution is 6.74. The topological polar surface area (TPSA) is 49.7 Å². The number of allylic oxidation sites excluding steroid dienone is 1. The quantitative estimate of drug-likeness (QED) is 0.556. The largest absolute Gasteiger partial charge is 0.410 e. The summed E-state index contributed by atoms with van der Waals surface area (Å²) in [5.74, 6) is 0. The molecule has 120 valence electrons. The molecule has 0 spiro atoms. The number of aliphatic hydroxyl groups excluding tert-OH is 2. The van der Waals surface area contributed by atoms with Gasteiger partial charge in [-0.3, -0.25) is 0 Å². The third-order valence-corrected chi connectivity index (χ3v) is 9.05. The molecule has 0 fully saturated rings. The van der Waals surface area contributed by atoms with Crippen molar-refractivity contribution in [2.24, 2.45) is 5.41 Å². The molecule has 0 aliphatic heterocycles. The summed E-state index contributed by atoms with van der Waals surface area (Å²) in [6, 6.07) is 0. The monoisotopic (exact) mass is 302 g/mol. The van der Waals surface area contributed by atoms with E-state index in [1.54, 1.807) is 0 Å². The molecule has 0 amide bonds. The second-order valence-electron chi connectivity index (χ2n) is 7.67. The van der Waals surface area contributed by atoms with Crippen LogP contribution in [0.2, 0.25) is 18.1 Å². The van der Waals surface area contributed by atoms with Gasteiger partial charge >= 0.3 is 0 Å². The van der Waals surface area contributed by atoms with Crippen molar-refractivity contribution in [1.82, 2.24) is 0 Å². The normalized spacial score (nSPS) is 17.5. The van der Waals surface area contributed by atoms with Crippen LogP contribution in [0.3, 0.4) is 0 Å². The fraction of sp³-hybridized carbons (Fsp3) is 0.875. The molecule has 3 nitrogen and oxygen atoms in total.